The summed E-state index contributed by atoms with van der Waals surface area (Å²) in [4.78, 5) is 51.2. The zero-order chi connectivity index (χ0) is 38.5. The topological polar surface area (TPSA) is 137 Å². The van der Waals surface area contributed by atoms with Crippen LogP contribution in [0.5, 0.6) is 17.2 Å². The lowest BCUT2D eigenvalue weighted by molar-refractivity contribution is -0.138. The molecule has 6 rings (SSSR count). The Kier molecular flexibility index (Phi) is 12.4. The Morgan fingerprint density at radius 2 is 1.52 bits per heavy atom. The number of pyridine rings is 1. The van der Waals surface area contributed by atoms with E-state index in [1.54, 1.807) is 23.2 Å². The molecule has 54 heavy (non-hydrogen) atoms. The smallest absolute Gasteiger partial charge is 0.318 e. The van der Waals surface area contributed by atoms with Gasteiger partial charge >= 0.3 is 12.0 Å². The molecule has 3 aliphatic heterocycles. The van der Waals surface area contributed by atoms with Gasteiger partial charge in [-0.1, -0.05) is 35.3 Å². The number of piperidine rings is 1. The summed E-state index contributed by atoms with van der Waals surface area (Å²) >= 11 is 12.9. The van der Waals surface area contributed by atoms with Crippen LogP contribution in [0.3, 0.4) is 0 Å². The third-order valence-corrected chi connectivity index (χ3v) is 12.0. The number of benzene rings is 2. The van der Waals surface area contributed by atoms with E-state index in [1.807, 2.05) is 46.3 Å². The number of carboxylic acid groups (broad SMARTS) is 1. The zero-order valence-corrected chi connectivity index (χ0v) is 32.5. The van der Waals surface area contributed by atoms with Crippen LogP contribution in [-0.4, -0.2) is 134 Å². The van der Waals surface area contributed by atoms with Crippen molar-refractivity contribution >= 4 is 41.1 Å². The van der Waals surface area contributed by atoms with Crippen molar-refractivity contribution in [1.29, 1.82) is 0 Å². The Hall–Kier alpha value is -4.30. The number of ether oxygens (including phenoxy) is 3. The van der Waals surface area contributed by atoms with E-state index in [2.05, 4.69) is 15.2 Å². The van der Waals surface area contributed by atoms with Crippen molar-refractivity contribution in [3.63, 3.8) is 0 Å². The molecule has 3 aromatic rings. The number of nitrogens with zero attached hydrogens (tertiary/aromatic N) is 5. The third kappa shape index (κ3) is 8.49. The number of carbonyl (C=O) groups excluding carboxylic acids is 2. The van der Waals surface area contributed by atoms with Crippen molar-refractivity contribution in [1.82, 2.24) is 29.9 Å². The largest absolute Gasteiger partial charge is 0.493 e. The van der Waals surface area contributed by atoms with Gasteiger partial charge in [-0.05, 0) is 73.7 Å². The Morgan fingerprint density at radius 1 is 0.815 bits per heavy atom. The molecular weight excluding hydrogens is 735 g/mol. The van der Waals surface area contributed by atoms with Crippen LogP contribution < -0.4 is 19.5 Å². The monoisotopic (exact) mass is 782 g/mol. The number of hydrogen-bond donors (Lipinski definition) is 2. The average Bonchev–Trinajstić information content (AvgIpc) is 3.63. The van der Waals surface area contributed by atoms with E-state index in [9.17, 15) is 19.5 Å². The van der Waals surface area contributed by atoms with Gasteiger partial charge < -0.3 is 39.3 Å². The number of carboxylic acids is 1. The van der Waals surface area contributed by atoms with Gasteiger partial charge in [0.25, 0.3) is 5.91 Å². The van der Waals surface area contributed by atoms with Crippen LogP contribution in [0.25, 0.3) is 0 Å². The first-order valence-corrected chi connectivity index (χ1v) is 18.9. The van der Waals surface area contributed by atoms with Crippen molar-refractivity contribution in [3.8, 4) is 17.2 Å². The first-order chi connectivity index (χ1) is 26.0. The van der Waals surface area contributed by atoms with Crippen LogP contribution in [0.15, 0.2) is 54.9 Å². The van der Waals surface area contributed by atoms with Crippen molar-refractivity contribution in [3.05, 3.63) is 81.6 Å². The van der Waals surface area contributed by atoms with Crippen LogP contribution in [0, 0.1) is 0 Å². The van der Waals surface area contributed by atoms with Crippen LogP contribution in [0.4, 0.5) is 4.79 Å². The van der Waals surface area contributed by atoms with Crippen molar-refractivity contribution in [2.75, 3.05) is 86.8 Å². The van der Waals surface area contributed by atoms with Gasteiger partial charge in [0.1, 0.15) is 0 Å². The van der Waals surface area contributed by atoms with Gasteiger partial charge in [-0.2, -0.15) is 0 Å². The summed E-state index contributed by atoms with van der Waals surface area (Å²) in [6, 6.07) is 12.9. The lowest BCUT2D eigenvalue weighted by Gasteiger charge is -2.45. The van der Waals surface area contributed by atoms with Crippen LogP contribution in [0.1, 0.15) is 47.2 Å². The van der Waals surface area contributed by atoms with Gasteiger partial charge in [-0.25, -0.2) is 4.79 Å². The van der Waals surface area contributed by atoms with Crippen LogP contribution >= 0.6 is 23.2 Å². The van der Waals surface area contributed by atoms with Gasteiger partial charge in [0.05, 0.1) is 43.5 Å². The highest BCUT2D eigenvalue weighted by atomic mass is 35.5. The van der Waals surface area contributed by atoms with E-state index >= 15 is 0 Å². The highest BCUT2D eigenvalue weighted by molar-refractivity contribution is 6.42. The molecule has 1 aromatic heterocycles. The fourth-order valence-corrected chi connectivity index (χ4v) is 8.39. The zero-order valence-electron chi connectivity index (χ0n) is 31.0. The first-order valence-electron chi connectivity index (χ1n) is 18.2. The molecule has 0 aliphatic carbocycles. The molecule has 2 aromatic carbocycles. The molecule has 3 saturated heterocycles. The second kappa shape index (κ2) is 17.0. The molecule has 1 atom stereocenters. The van der Waals surface area contributed by atoms with Crippen molar-refractivity contribution in [2.24, 2.45) is 0 Å². The number of amides is 3. The molecule has 0 spiro atoms. The number of methoxy groups -OCH3 is 3. The van der Waals surface area contributed by atoms with E-state index in [4.69, 9.17) is 37.4 Å². The summed E-state index contributed by atoms with van der Waals surface area (Å²) in [6.45, 7) is 5.22. The summed E-state index contributed by atoms with van der Waals surface area (Å²) in [5.41, 5.74) is 1.47. The van der Waals surface area contributed by atoms with Crippen molar-refractivity contribution in [2.45, 2.75) is 36.6 Å². The molecule has 13 nitrogen and oxygen atoms in total. The minimum Gasteiger partial charge on any atom is -0.493 e. The highest BCUT2D eigenvalue weighted by Crippen LogP contribution is 2.43. The number of halogens is 2. The first kappa shape index (κ1) is 39.4. The van der Waals surface area contributed by atoms with E-state index in [-0.39, 0.29) is 23.9 Å². The van der Waals surface area contributed by atoms with E-state index in [0.717, 1.165) is 43.6 Å². The van der Waals surface area contributed by atoms with E-state index in [0.29, 0.717) is 85.0 Å². The molecule has 2 N–H and O–H groups in total. The number of piperazine rings is 1. The van der Waals surface area contributed by atoms with Crippen LogP contribution in [0.2, 0.25) is 10.0 Å². The molecule has 3 amide bonds. The molecular formula is C39H48Cl2N6O7. The molecule has 0 saturated carbocycles. The number of aromatic nitrogens is 1. The number of nitrogens with one attached hydrogen (secondary N) is 1. The predicted molar refractivity (Wildman–Crippen MR) is 205 cm³/mol. The molecule has 4 heterocycles. The van der Waals surface area contributed by atoms with Gasteiger partial charge in [-0.15, -0.1) is 0 Å². The van der Waals surface area contributed by atoms with Gasteiger partial charge in [-0.3, -0.25) is 19.5 Å². The second-order valence-electron chi connectivity index (χ2n) is 14.3. The number of urea groups is 1. The summed E-state index contributed by atoms with van der Waals surface area (Å²) in [5, 5.41) is 13.5. The summed E-state index contributed by atoms with van der Waals surface area (Å²) in [5.74, 6) is 0.253. The summed E-state index contributed by atoms with van der Waals surface area (Å²) in [6.07, 6.45) is 6.46. The maximum Gasteiger partial charge on any atom is 0.318 e. The molecule has 15 heteroatoms. The Labute approximate surface area is 326 Å². The van der Waals surface area contributed by atoms with Gasteiger partial charge in [0.15, 0.2) is 11.5 Å². The number of carbonyl (C=O) groups is 3. The minimum absolute atomic E-state index is 0.0290. The Morgan fingerprint density at radius 3 is 2.11 bits per heavy atom. The lowest BCUT2D eigenvalue weighted by Crippen LogP contribution is -2.59. The van der Waals surface area contributed by atoms with E-state index in [1.165, 1.54) is 21.3 Å². The normalized spacial score (nSPS) is 20.4. The summed E-state index contributed by atoms with van der Waals surface area (Å²) < 4.78 is 16.5. The highest BCUT2D eigenvalue weighted by Gasteiger charge is 2.44. The quantitative estimate of drug-likeness (QED) is 0.259. The number of rotatable bonds is 12. The van der Waals surface area contributed by atoms with Crippen molar-refractivity contribution < 1.29 is 33.7 Å². The fraction of sp³-hybridized carbons (Fsp3) is 0.487. The van der Waals surface area contributed by atoms with Crippen LogP contribution in [-0.2, 0) is 15.7 Å². The molecule has 0 bridgehead atoms. The SMILES string of the molecule is COc1cc(C(=O)N2CCC(CCN3CCC(NC(=O)N4CCN(CC(=O)O)CC4)(c4cccnc4)CC3)(c3ccc(Cl)c(Cl)c3)C2)cc(OC)c1OC. The number of aliphatic carboxylic acids is 1. The molecule has 290 valence electrons. The van der Waals surface area contributed by atoms with Gasteiger partial charge in [0.2, 0.25) is 5.75 Å². The third-order valence-electron chi connectivity index (χ3n) is 11.3. The maximum absolute atomic E-state index is 14.0. The fourth-order valence-electron chi connectivity index (χ4n) is 8.09. The van der Waals surface area contributed by atoms with Gasteiger partial charge in [0, 0.05) is 75.7 Å². The minimum atomic E-state index is -0.868. The maximum atomic E-state index is 14.0. The summed E-state index contributed by atoms with van der Waals surface area (Å²) in [7, 11) is 4.58. The number of likely N-dealkylation sites (tertiary alicyclic amines) is 2. The second-order valence-corrected chi connectivity index (χ2v) is 15.1. The molecule has 0 radical (unpaired) electrons. The lowest BCUT2D eigenvalue weighted by atomic mass is 9.76. The molecule has 3 aliphatic rings. The Balaban J connectivity index is 1.16. The molecule has 1 unspecified atom stereocenters. The molecule has 3 fully saturated rings. The predicted octanol–water partition coefficient (Wildman–Crippen LogP) is 4.99. The Bertz CT molecular complexity index is 1790. The van der Waals surface area contributed by atoms with E-state index < -0.39 is 11.5 Å². The standard InChI is InChI=1S/C39H48Cl2N6O7/c1-52-32-21-27(22-33(53-2)35(32)54-3)36(50)47-16-9-38(26-47,28-6-7-30(40)31(41)23-28)8-13-44-14-10-39(11-15-44,29-5-4-12-42-24-29)43-37(51)46-19-17-45(18-20-46)25-34(48)49/h4-7,12,21-24H,8-11,13-20,25-26H2,1-3H3,(H,43,51)(H,48,49). The average molecular weight is 784 g/mol. The number of hydrogen-bond acceptors (Lipinski definition) is 9.